The van der Waals surface area contributed by atoms with Crippen molar-refractivity contribution in [3.8, 4) is 5.75 Å². The van der Waals surface area contributed by atoms with Gasteiger partial charge in [0.2, 0.25) is 0 Å². The summed E-state index contributed by atoms with van der Waals surface area (Å²) in [5.41, 5.74) is 6.89. The summed E-state index contributed by atoms with van der Waals surface area (Å²) in [5, 5.41) is 6.46. The van der Waals surface area contributed by atoms with Gasteiger partial charge in [0, 0.05) is 5.69 Å². The molecule has 0 aliphatic carbocycles. The van der Waals surface area contributed by atoms with Gasteiger partial charge in [-0.05, 0) is 60.4 Å². The number of hydrogen-bond acceptors (Lipinski definition) is 4. The fourth-order valence-electron chi connectivity index (χ4n) is 2.85. The average Bonchev–Trinajstić information content (AvgIpc) is 2.80. The lowest BCUT2D eigenvalue weighted by Crippen LogP contribution is -2.32. The Kier molecular flexibility index (Phi) is 7.54. The van der Waals surface area contributed by atoms with Crippen LogP contribution in [0.1, 0.15) is 29.2 Å². The SMILES string of the molecule is CCc1ccccc1NC(=O)C(=O)N/N=C\c1ccc(OCc2ccc(C)cc2)cc1. The van der Waals surface area contributed by atoms with Crippen LogP contribution in [-0.4, -0.2) is 18.0 Å². The van der Waals surface area contributed by atoms with Crippen LogP contribution in [0.15, 0.2) is 77.9 Å². The predicted molar refractivity (Wildman–Crippen MR) is 122 cm³/mol. The Balaban J connectivity index is 1.48. The lowest BCUT2D eigenvalue weighted by molar-refractivity contribution is -0.136. The van der Waals surface area contributed by atoms with Crippen LogP contribution in [-0.2, 0) is 22.6 Å². The molecule has 0 aliphatic rings. The number of anilines is 1. The largest absolute Gasteiger partial charge is 0.489 e. The van der Waals surface area contributed by atoms with Crippen molar-refractivity contribution in [3.05, 3.63) is 95.1 Å². The summed E-state index contributed by atoms with van der Waals surface area (Å²) in [7, 11) is 0. The molecule has 3 aromatic carbocycles. The van der Waals surface area contributed by atoms with Gasteiger partial charge in [-0.3, -0.25) is 9.59 Å². The third kappa shape index (κ3) is 6.54. The highest BCUT2D eigenvalue weighted by atomic mass is 16.5. The van der Waals surface area contributed by atoms with Gasteiger partial charge < -0.3 is 10.1 Å². The maximum Gasteiger partial charge on any atom is 0.329 e. The summed E-state index contributed by atoms with van der Waals surface area (Å²) in [6.45, 7) is 4.51. The van der Waals surface area contributed by atoms with E-state index in [1.807, 2.05) is 62.4 Å². The van der Waals surface area contributed by atoms with Crippen LogP contribution >= 0.6 is 0 Å². The van der Waals surface area contributed by atoms with E-state index in [2.05, 4.69) is 28.0 Å². The zero-order chi connectivity index (χ0) is 22.1. The van der Waals surface area contributed by atoms with E-state index in [1.54, 1.807) is 12.1 Å². The van der Waals surface area contributed by atoms with Crippen LogP contribution < -0.4 is 15.5 Å². The molecule has 2 N–H and O–H groups in total. The number of carbonyl (C=O) groups is 2. The highest BCUT2D eigenvalue weighted by Gasteiger charge is 2.14. The molecule has 0 heterocycles. The first kappa shape index (κ1) is 21.8. The maximum absolute atomic E-state index is 12.1. The molecule has 0 spiro atoms. The topological polar surface area (TPSA) is 79.8 Å². The van der Waals surface area contributed by atoms with Gasteiger partial charge in [0.25, 0.3) is 0 Å². The van der Waals surface area contributed by atoms with Crippen molar-refractivity contribution in [1.29, 1.82) is 0 Å². The molecule has 0 saturated carbocycles. The van der Waals surface area contributed by atoms with Gasteiger partial charge in [0.1, 0.15) is 12.4 Å². The summed E-state index contributed by atoms with van der Waals surface area (Å²) < 4.78 is 5.77. The number of hydrogen-bond donors (Lipinski definition) is 2. The Morgan fingerprint density at radius 2 is 1.65 bits per heavy atom. The second-order valence-corrected chi connectivity index (χ2v) is 7.01. The Bertz CT molecular complexity index is 1060. The van der Waals surface area contributed by atoms with E-state index in [1.165, 1.54) is 11.8 Å². The predicted octanol–water partition coefficient (Wildman–Crippen LogP) is 4.23. The van der Waals surface area contributed by atoms with Gasteiger partial charge in [-0.25, -0.2) is 5.43 Å². The van der Waals surface area contributed by atoms with Crippen LogP contribution in [0, 0.1) is 6.92 Å². The number of para-hydroxylation sites is 1. The first-order chi connectivity index (χ1) is 15.0. The van der Waals surface area contributed by atoms with Gasteiger partial charge >= 0.3 is 11.8 Å². The summed E-state index contributed by atoms with van der Waals surface area (Å²) in [6.07, 6.45) is 2.22. The van der Waals surface area contributed by atoms with E-state index in [4.69, 9.17) is 4.74 Å². The van der Waals surface area contributed by atoms with Crippen molar-refractivity contribution in [2.24, 2.45) is 5.10 Å². The molecule has 0 saturated heterocycles. The molecule has 0 aliphatic heterocycles. The fourth-order valence-corrected chi connectivity index (χ4v) is 2.85. The van der Waals surface area contributed by atoms with Crippen LogP contribution in [0.2, 0.25) is 0 Å². The first-order valence-electron chi connectivity index (χ1n) is 10.1. The number of rotatable bonds is 7. The minimum absolute atomic E-state index is 0.486. The summed E-state index contributed by atoms with van der Waals surface area (Å²) >= 11 is 0. The first-order valence-corrected chi connectivity index (χ1v) is 10.1. The van der Waals surface area contributed by atoms with E-state index >= 15 is 0 Å². The molecule has 6 heteroatoms. The standard InChI is InChI=1S/C25H25N3O3/c1-3-21-6-4-5-7-23(21)27-24(29)25(30)28-26-16-19-12-14-22(15-13-19)31-17-20-10-8-18(2)9-11-20/h4-16H,3,17H2,1-2H3,(H,27,29)(H,28,30)/b26-16-. The monoisotopic (exact) mass is 415 g/mol. The van der Waals surface area contributed by atoms with Crippen molar-refractivity contribution in [2.75, 3.05) is 5.32 Å². The number of nitrogens with zero attached hydrogens (tertiary/aromatic N) is 1. The molecule has 0 atom stereocenters. The van der Waals surface area contributed by atoms with Gasteiger partial charge in [-0.1, -0.05) is 55.0 Å². The van der Waals surface area contributed by atoms with Crippen molar-refractivity contribution >= 4 is 23.7 Å². The van der Waals surface area contributed by atoms with E-state index < -0.39 is 11.8 Å². The summed E-state index contributed by atoms with van der Waals surface area (Å²) in [6, 6.07) is 22.8. The zero-order valence-electron chi connectivity index (χ0n) is 17.6. The molecule has 0 bridgehead atoms. The zero-order valence-corrected chi connectivity index (χ0v) is 17.6. The van der Waals surface area contributed by atoms with Crippen molar-refractivity contribution in [2.45, 2.75) is 26.9 Å². The number of benzene rings is 3. The van der Waals surface area contributed by atoms with E-state index in [0.29, 0.717) is 12.3 Å². The number of amides is 2. The molecular formula is C25H25N3O3. The number of nitrogens with one attached hydrogen (secondary N) is 2. The molecular weight excluding hydrogens is 390 g/mol. The lowest BCUT2D eigenvalue weighted by Gasteiger charge is -2.08. The second kappa shape index (κ2) is 10.7. The number of hydrazone groups is 1. The number of aryl methyl sites for hydroxylation is 2. The Morgan fingerprint density at radius 1 is 0.935 bits per heavy atom. The molecule has 6 nitrogen and oxygen atoms in total. The summed E-state index contributed by atoms with van der Waals surface area (Å²) in [5.74, 6) is -0.867. The molecule has 3 aromatic rings. The minimum atomic E-state index is -0.833. The van der Waals surface area contributed by atoms with Gasteiger partial charge in [0.15, 0.2) is 0 Å². The lowest BCUT2D eigenvalue weighted by atomic mass is 10.1. The van der Waals surface area contributed by atoms with Gasteiger partial charge in [-0.15, -0.1) is 0 Å². The highest BCUT2D eigenvalue weighted by molar-refractivity contribution is 6.39. The fraction of sp³-hybridized carbons (Fsp3) is 0.160. The van der Waals surface area contributed by atoms with Crippen LogP contribution in [0.25, 0.3) is 0 Å². The van der Waals surface area contributed by atoms with Gasteiger partial charge in [-0.2, -0.15) is 5.10 Å². The quantitative estimate of drug-likeness (QED) is 0.344. The van der Waals surface area contributed by atoms with E-state index in [9.17, 15) is 9.59 Å². The molecule has 3 rings (SSSR count). The average molecular weight is 415 g/mol. The third-order valence-electron chi connectivity index (χ3n) is 4.64. The Hall–Kier alpha value is -3.93. The van der Waals surface area contributed by atoms with Gasteiger partial charge in [0.05, 0.1) is 6.21 Å². The molecule has 0 aromatic heterocycles. The van der Waals surface area contributed by atoms with Crippen molar-refractivity contribution in [3.63, 3.8) is 0 Å². The maximum atomic E-state index is 12.1. The minimum Gasteiger partial charge on any atom is -0.489 e. The number of carbonyl (C=O) groups excluding carboxylic acids is 2. The molecule has 0 radical (unpaired) electrons. The van der Waals surface area contributed by atoms with Crippen molar-refractivity contribution < 1.29 is 14.3 Å². The van der Waals surface area contributed by atoms with E-state index in [-0.39, 0.29) is 0 Å². The number of ether oxygens (including phenoxy) is 1. The van der Waals surface area contributed by atoms with Crippen LogP contribution in [0.3, 0.4) is 0 Å². The summed E-state index contributed by atoms with van der Waals surface area (Å²) in [4.78, 5) is 24.0. The Labute approximate surface area is 182 Å². The second-order valence-electron chi connectivity index (χ2n) is 7.01. The molecule has 0 fully saturated rings. The van der Waals surface area contributed by atoms with Crippen molar-refractivity contribution in [1.82, 2.24) is 5.43 Å². The highest BCUT2D eigenvalue weighted by Crippen LogP contribution is 2.15. The smallest absolute Gasteiger partial charge is 0.329 e. The molecule has 158 valence electrons. The molecule has 0 unspecified atom stereocenters. The van der Waals surface area contributed by atoms with E-state index in [0.717, 1.165) is 28.9 Å². The molecule has 2 amide bonds. The third-order valence-corrected chi connectivity index (χ3v) is 4.64. The van der Waals surface area contributed by atoms with Crippen LogP contribution in [0.4, 0.5) is 5.69 Å². The van der Waals surface area contributed by atoms with Crippen LogP contribution in [0.5, 0.6) is 5.75 Å². The Morgan fingerprint density at radius 3 is 2.35 bits per heavy atom. The molecule has 31 heavy (non-hydrogen) atoms. The normalized spacial score (nSPS) is 10.6.